The van der Waals surface area contributed by atoms with E-state index in [0.29, 0.717) is 5.78 Å². The lowest BCUT2D eigenvalue weighted by molar-refractivity contribution is 0.330. The van der Waals surface area contributed by atoms with Crippen LogP contribution in [0.5, 0.6) is 0 Å². The molecule has 2 nitrogen and oxygen atoms in total. The Balaban J connectivity index is 2.39. The van der Waals surface area contributed by atoms with Crippen LogP contribution in [0.1, 0.15) is 0 Å². The number of hydrogen-bond donors (Lipinski definition) is 1. The quantitative estimate of drug-likeness (QED) is 0.390. The van der Waals surface area contributed by atoms with Crippen LogP contribution in [0.25, 0.3) is 0 Å². The highest BCUT2D eigenvalue weighted by molar-refractivity contribution is 7.23. The topological polar surface area (TPSA) is 21.3 Å². The van der Waals surface area contributed by atoms with Crippen molar-refractivity contribution in [2.75, 3.05) is 0 Å². The van der Waals surface area contributed by atoms with Crippen molar-refractivity contribution in [2.24, 2.45) is 0 Å². The van der Waals surface area contributed by atoms with E-state index in [1.54, 1.807) is 0 Å². The van der Waals surface area contributed by atoms with Gasteiger partial charge in [-0.15, -0.1) is 18.5 Å². The minimum absolute atomic E-state index is 0.208. The molecule has 4 atom stereocenters. The number of rotatable bonds is 0. The Morgan fingerprint density at radius 2 is 2.25 bits per heavy atom. The van der Waals surface area contributed by atoms with Gasteiger partial charge in [0.2, 0.25) is 0 Å². The van der Waals surface area contributed by atoms with E-state index in [1.807, 2.05) is 6.82 Å². The Morgan fingerprint density at radius 1 is 1.62 bits per heavy atom. The third-order valence-corrected chi connectivity index (χ3v) is 2.73. The zero-order valence-electron chi connectivity index (χ0n) is 4.79. The third kappa shape index (κ3) is 1.42. The Kier molecular flexibility index (Phi) is 2.28. The first-order chi connectivity index (χ1) is 3.70. The maximum Gasteiger partial charge on any atom is 0.377 e. The summed E-state index contributed by atoms with van der Waals surface area (Å²) in [5.74, 6) is 0.657. The molecule has 0 aromatic rings. The van der Waals surface area contributed by atoms with Crippen LogP contribution < -0.4 is 5.23 Å². The molecule has 1 saturated heterocycles. The van der Waals surface area contributed by atoms with Crippen molar-refractivity contribution in [3.05, 3.63) is 0 Å². The van der Waals surface area contributed by atoms with E-state index >= 15 is 0 Å². The minimum Gasteiger partial charge on any atom is -0.413 e. The molecule has 0 amide bonds. The number of hydrogen-bond acceptors (Lipinski definition) is 2. The second-order valence-corrected chi connectivity index (χ2v) is 3.31. The average Bonchev–Trinajstić information content (AvgIpc) is 1.85. The summed E-state index contributed by atoms with van der Waals surface area (Å²) in [6.07, 6.45) is 0. The van der Waals surface area contributed by atoms with Gasteiger partial charge in [0.05, 0.1) is 5.85 Å². The van der Waals surface area contributed by atoms with Crippen molar-refractivity contribution < 1.29 is 4.65 Å². The van der Waals surface area contributed by atoms with Gasteiger partial charge >= 0.3 is 7.05 Å². The number of nitrogens with one attached hydrogen (secondary N) is 1. The first kappa shape index (κ1) is 6.96. The average molecular weight is 149 g/mol. The fourth-order valence-electron chi connectivity index (χ4n) is 0.725. The molecule has 0 radical (unpaired) electrons. The Morgan fingerprint density at radius 3 is 2.38 bits per heavy atom. The summed E-state index contributed by atoms with van der Waals surface area (Å²) in [7, 11) is 5.52. The van der Waals surface area contributed by atoms with E-state index < -0.39 is 0 Å². The second kappa shape index (κ2) is 2.62. The molecule has 46 valence electrons. The van der Waals surface area contributed by atoms with Crippen LogP contribution in [0.15, 0.2) is 0 Å². The van der Waals surface area contributed by atoms with E-state index in [0.717, 1.165) is 0 Å². The van der Waals surface area contributed by atoms with E-state index in [2.05, 4.69) is 23.7 Å². The van der Waals surface area contributed by atoms with E-state index in [9.17, 15) is 0 Å². The molecule has 1 heterocycles. The van der Waals surface area contributed by atoms with Gasteiger partial charge in [0.15, 0.2) is 0 Å². The summed E-state index contributed by atoms with van der Waals surface area (Å²) in [6, 6.07) is 0. The van der Waals surface area contributed by atoms with Gasteiger partial charge in [0.1, 0.15) is 0 Å². The summed E-state index contributed by atoms with van der Waals surface area (Å²) >= 11 is 0. The predicted molar refractivity (Wildman–Crippen MR) is 42.8 cm³/mol. The molecule has 2 unspecified atom stereocenters. The summed E-state index contributed by atoms with van der Waals surface area (Å²) in [4.78, 5) is 0. The Labute approximate surface area is 54.7 Å². The summed E-state index contributed by atoms with van der Waals surface area (Å²) in [6.45, 7) is 2.00. The van der Waals surface area contributed by atoms with E-state index in [-0.39, 0.29) is 12.9 Å². The van der Waals surface area contributed by atoms with Crippen molar-refractivity contribution in [3.8, 4) is 0 Å². The first-order valence-corrected chi connectivity index (χ1v) is 3.96. The summed E-state index contributed by atoms with van der Waals surface area (Å²) in [5.41, 5.74) is 0. The van der Waals surface area contributed by atoms with Crippen molar-refractivity contribution in [1.82, 2.24) is 5.23 Å². The molecule has 5 heteroatoms. The fraction of sp³-hybridized carbons (Fsp3) is 1.00. The molecule has 0 aliphatic carbocycles. The van der Waals surface area contributed by atoms with Crippen molar-refractivity contribution in [3.63, 3.8) is 0 Å². The second-order valence-electron chi connectivity index (χ2n) is 1.94. The monoisotopic (exact) mass is 149 g/mol. The lowest BCUT2D eigenvalue weighted by atomic mass is 9.90. The minimum atomic E-state index is 0.208. The molecule has 0 aromatic heterocycles. The zero-order chi connectivity index (χ0) is 6.15. The molecular formula is C3H10BNOP2. The molecular weight excluding hydrogens is 139 g/mol. The van der Waals surface area contributed by atoms with Gasteiger partial charge < -0.3 is 9.88 Å². The van der Waals surface area contributed by atoms with Crippen LogP contribution in [0.2, 0.25) is 6.82 Å². The molecule has 1 aliphatic heterocycles. The molecule has 1 rings (SSSR count). The van der Waals surface area contributed by atoms with Gasteiger partial charge in [-0.25, -0.2) is 0 Å². The Bertz CT molecular complexity index is 83.4. The van der Waals surface area contributed by atoms with Crippen LogP contribution in [0, 0.1) is 0 Å². The highest BCUT2D eigenvalue weighted by Gasteiger charge is 2.27. The van der Waals surface area contributed by atoms with Crippen LogP contribution in [-0.2, 0) is 4.65 Å². The molecule has 0 bridgehead atoms. The molecule has 8 heavy (non-hydrogen) atoms. The van der Waals surface area contributed by atoms with Crippen LogP contribution in [0.4, 0.5) is 0 Å². The summed E-state index contributed by atoms with van der Waals surface area (Å²) in [5, 5.41) is 3.19. The Hall–Kier alpha value is 0.845. The maximum atomic E-state index is 5.30. The standard InChI is InChI=1S/C3H10BNOP2/c1-4-5-2(7)3(8)6-4/h2-3,5H,7-8H2,1H3/t2-,3+/m1/s1. The normalized spacial score (nSPS) is 38.6. The molecule has 0 aromatic carbocycles. The van der Waals surface area contributed by atoms with Gasteiger partial charge in [-0.3, -0.25) is 0 Å². The van der Waals surface area contributed by atoms with Gasteiger partial charge in [-0.1, -0.05) is 0 Å². The van der Waals surface area contributed by atoms with Crippen molar-refractivity contribution in [1.29, 1.82) is 0 Å². The van der Waals surface area contributed by atoms with Gasteiger partial charge in [0.25, 0.3) is 0 Å². The maximum absolute atomic E-state index is 5.30. The fourth-order valence-corrected chi connectivity index (χ4v) is 1.43. The van der Waals surface area contributed by atoms with E-state index in [4.69, 9.17) is 4.65 Å². The zero-order valence-corrected chi connectivity index (χ0v) is 7.10. The van der Waals surface area contributed by atoms with E-state index in [1.165, 1.54) is 0 Å². The predicted octanol–water partition coefficient (Wildman–Crippen LogP) is 0.127. The highest BCUT2D eigenvalue weighted by Crippen LogP contribution is 2.19. The smallest absolute Gasteiger partial charge is 0.377 e. The van der Waals surface area contributed by atoms with Crippen LogP contribution >= 0.6 is 18.5 Å². The molecule has 1 aliphatic rings. The SMILES string of the molecule is CB1N[C@H](P)[C@H](P)O1. The van der Waals surface area contributed by atoms with Gasteiger partial charge in [-0.05, 0) is 6.82 Å². The van der Waals surface area contributed by atoms with Crippen molar-refractivity contribution in [2.45, 2.75) is 18.5 Å². The molecule has 1 fully saturated rings. The van der Waals surface area contributed by atoms with Crippen LogP contribution in [0.3, 0.4) is 0 Å². The van der Waals surface area contributed by atoms with Crippen molar-refractivity contribution >= 4 is 25.5 Å². The molecule has 0 saturated carbocycles. The first-order valence-electron chi connectivity index (χ1n) is 2.63. The lowest BCUT2D eigenvalue weighted by Gasteiger charge is -2.05. The van der Waals surface area contributed by atoms with Crippen LogP contribution in [-0.4, -0.2) is 18.7 Å². The molecule has 0 spiro atoms. The highest BCUT2D eigenvalue weighted by atomic mass is 31.0. The van der Waals surface area contributed by atoms with Gasteiger partial charge in [0, 0.05) is 5.78 Å². The lowest BCUT2D eigenvalue weighted by Crippen LogP contribution is -2.27. The molecule has 1 N–H and O–H groups in total. The van der Waals surface area contributed by atoms with Gasteiger partial charge in [-0.2, -0.15) is 0 Å². The largest absolute Gasteiger partial charge is 0.413 e. The summed E-state index contributed by atoms with van der Waals surface area (Å²) < 4.78 is 5.30. The third-order valence-electron chi connectivity index (χ3n) is 1.14.